The zero-order valence-electron chi connectivity index (χ0n) is 26.0. The number of rotatable bonds is 12. The van der Waals surface area contributed by atoms with Crippen molar-refractivity contribution in [1.82, 2.24) is 10.2 Å². The van der Waals surface area contributed by atoms with E-state index in [9.17, 15) is 18.0 Å². The zero-order chi connectivity index (χ0) is 31.9. The van der Waals surface area contributed by atoms with Gasteiger partial charge < -0.3 is 10.2 Å². The number of carbonyl (C=O) groups excluding carboxylic acids is 2. The van der Waals surface area contributed by atoms with Gasteiger partial charge in [-0.15, -0.1) is 0 Å². The molecule has 4 aromatic carbocycles. The van der Waals surface area contributed by atoms with Crippen LogP contribution in [0.3, 0.4) is 0 Å². The van der Waals surface area contributed by atoms with Crippen molar-refractivity contribution < 1.29 is 18.0 Å². The number of benzene rings is 4. The maximum absolute atomic E-state index is 14.6. The molecule has 0 radical (unpaired) electrons. The molecule has 1 unspecified atom stereocenters. The van der Waals surface area contributed by atoms with Crippen LogP contribution in [-0.4, -0.2) is 43.8 Å². The summed E-state index contributed by atoms with van der Waals surface area (Å²) in [5, 5.41) is 2.99. The van der Waals surface area contributed by atoms with E-state index < -0.39 is 28.5 Å². The highest BCUT2D eigenvalue weighted by molar-refractivity contribution is 7.92. The summed E-state index contributed by atoms with van der Waals surface area (Å²) in [6, 6.07) is 29.8. The molecule has 1 N–H and O–H groups in total. The third-order valence-electron chi connectivity index (χ3n) is 7.41. The van der Waals surface area contributed by atoms with Crippen molar-refractivity contribution in [2.75, 3.05) is 10.8 Å². The molecule has 230 valence electrons. The summed E-state index contributed by atoms with van der Waals surface area (Å²) < 4.78 is 29.4. The first-order chi connectivity index (χ1) is 21.0. The molecule has 2 amide bonds. The number of amides is 2. The van der Waals surface area contributed by atoms with Crippen LogP contribution in [0.5, 0.6) is 0 Å². The molecule has 4 rings (SSSR count). The highest BCUT2D eigenvalue weighted by Crippen LogP contribution is 2.27. The number of anilines is 1. The summed E-state index contributed by atoms with van der Waals surface area (Å²) in [6.45, 7) is 9.15. The predicted molar refractivity (Wildman–Crippen MR) is 176 cm³/mol. The van der Waals surface area contributed by atoms with Crippen LogP contribution in [0.4, 0.5) is 5.69 Å². The molecule has 0 fully saturated rings. The average molecular weight is 612 g/mol. The second kappa shape index (κ2) is 14.4. The van der Waals surface area contributed by atoms with Crippen molar-refractivity contribution in [3.63, 3.8) is 0 Å². The Hall–Kier alpha value is -4.43. The topological polar surface area (TPSA) is 86.8 Å². The summed E-state index contributed by atoms with van der Waals surface area (Å²) in [7, 11) is -4.14. The van der Waals surface area contributed by atoms with E-state index in [1.807, 2.05) is 95.3 Å². The third-order valence-corrected chi connectivity index (χ3v) is 9.20. The number of nitrogens with zero attached hydrogens (tertiary/aromatic N) is 2. The first-order valence-corrected chi connectivity index (χ1v) is 16.2. The van der Waals surface area contributed by atoms with Gasteiger partial charge in [-0.1, -0.05) is 78.9 Å². The number of sulfonamides is 1. The lowest BCUT2D eigenvalue weighted by molar-refractivity contribution is -0.140. The molecule has 8 heteroatoms. The molecule has 0 aliphatic rings. The van der Waals surface area contributed by atoms with Crippen LogP contribution in [0.15, 0.2) is 108 Å². The molecule has 4 aromatic rings. The molecule has 0 saturated heterocycles. The van der Waals surface area contributed by atoms with Crippen LogP contribution < -0.4 is 9.62 Å². The van der Waals surface area contributed by atoms with E-state index in [-0.39, 0.29) is 29.8 Å². The Bertz CT molecular complexity index is 1670. The van der Waals surface area contributed by atoms with Crippen LogP contribution in [0.2, 0.25) is 0 Å². The van der Waals surface area contributed by atoms with Crippen LogP contribution in [0.25, 0.3) is 0 Å². The largest absolute Gasteiger partial charge is 0.352 e. The summed E-state index contributed by atoms with van der Waals surface area (Å²) in [5.74, 6) is -0.776. The normalized spacial score (nSPS) is 12.0. The first kappa shape index (κ1) is 32.5. The number of carbonyl (C=O) groups is 2. The molecule has 0 aliphatic heterocycles. The summed E-state index contributed by atoms with van der Waals surface area (Å²) in [4.78, 5) is 30.0. The minimum Gasteiger partial charge on any atom is -0.352 e. The summed E-state index contributed by atoms with van der Waals surface area (Å²) in [5.41, 5.74) is 4.87. The zero-order valence-corrected chi connectivity index (χ0v) is 26.8. The highest BCUT2D eigenvalue weighted by Gasteiger charge is 2.35. The summed E-state index contributed by atoms with van der Waals surface area (Å²) in [6.07, 6.45) is 0.270. The molecule has 0 aliphatic carbocycles. The molecule has 7 nitrogen and oxygen atoms in total. The quantitative estimate of drug-likeness (QED) is 0.214. The highest BCUT2D eigenvalue weighted by atomic mass is 32.2. The SMILES string of the molecule is Cc1cc(C)cc(N(CC(=O)N(Cc2ccccc2C)C(Cc2ccccc2)C(=O)NC(C)C)S(=O)(=O)c2ccccc2)c1. The van der Waals surface area contributed by atoms with Gasteiger partial charge in [0.1, 0.15) is 12.6 Å². The lowest BCUT2D eigenvalue weighted by atomic mass is 10.0. The van der Waals surface area contributed by atoms with E-state index in [0.29, 0.717) is 5.69 Å². The number of hydrogen-bond acceptors (Lipinski definition) is 4. The Labute approximate surface area is 261 Å². The molecular weight excluding hydrogens is 570 g/mol. The Morgan fingerprint density at radius 2 is 1.34 bits per heavy atom. The second-order valence-electron chi connectivity index (χ2n) is 11.5. The van der Waals surface area contributed by atoms with Crippen molar-refractivity contribution in [2.45, 2.75) is 64.6 Å². The lowest BCUT2D eigenvalue weighted by Crippen LogP contribution is -2.54. The van der Waals surface area contributed by atoms with E-state index in [4.69, 9.17) is 0 Å². The Balaban J connectivity index is 1.83. The maximum Gasteiger partial charge on any atom is 0.264 e. The van der Waals surface area contributed by atoms with Crippen LogP contribution in [0.1, 0.15) is 41.7 Å². The average Bonchev–Trinajstić information content (AvgIpc) is 2.98. The van der Waals surface area contributed by atoms with Crippen LogP contribution in [0, 0.1) is 20.8 Å². The third kappa shape index (κ3) is 8.14. The Morgan fingerprint density at radius 3 is 1.93 bits per heavy atom. The minimum atomic E-state index is -4.14. The standard InChI is InChI=1S/C36H41N3O4S/c1-26(2)37-36(41)34(23-30-15-8-6-9-16-30)38(24-31-17-13-12-14-29(31)5)35(40)25-39(32-21-27(3)20-28(4)22-32)44(42,43)33-18-10-7-11-19-33/h6-22,26,34H,23-25H2,1-5H3,(H,37,41). The number of hydrogen-bond donors (Lipinski definition) is 1. The van der Waals surface area contributed by atoms with Gasteiger partial charge in [-0.3, -0.25) is 13.9 Å². The van der Waals surface area contributed by atoms with Crippen molar-refractivity contribution in [3.8, 4) is 0 Å². The Morgan fingerprint density at radius 1 is 0.773 bits per heavy atom. The van der Waals surface area contributed by atoms with Crippen LogP contribution >= 0.6 is 0 Å². The smallest absolute Gasteiger partial charge is 0.264 e. The molecule has 0 spiro atoms. The molecule has 44 heavy (non-hydrogen) atoms. The van der Waals surface area contributed by atoms with Gasteiger partial charge in [0.15, 0.2) is 0 Å². The van der Waals surface area contributed by atoms with Gasteiger partial charge in [0.25, 0.3) is 10.0 Å². The molecule has 1 atom stereocenters. The maximum atomic E-state index is 14.6. The monoisotopic (exact) mass is 611 g/mol. The van der Waals surface area contributed by atoms with Crippen molar-refractivity contribution in [3.05, 3.63) is 131 Å². The van der Waals surface area contributed by atoms with E-state index in [1.165, 1.54) is 17.0 Å². The van der Waals surface area contributed by atoms with E-state index in [1.54, 1.807) is 30.3 Å². The van der Waals surface area contributed by atoms with E-state index in [2.05, 4.69) is 5.32 Å². The summed E-state index contributed by atoms with van der Waals surface area (Å²) >= 11 is 0. The van der Waals surface area contributed by atoms with Crippen molar-refractivity contribution >= 4 is 27.5 Å². The lowest BCUT2D eigenvalue weighted by Gasteiger charge is -2.34. The van der Waals surface area contributed by atoms with E-state index in [0.717, 1.165) is 32.1 Å². The fraction of sp³-hybridized carbons (Fsp3) is 0.278. The first-order valence-electron chi connectivity index (χ1n) is 14.8. The molecule has 0 saturated carbocycles. The fourth-order valence-corrected chi connectivity index (χ4v) is 6.67. The number of nitrogens with one attached hydrogen (secondary N) is 1. The van der Waals surface area contributed by atoms with E-state index >= 15 is 0 Å². The minimum absolute atomic E-state index is 0.0794. The Kier molecular flexibility index (Phi) is 10.6. The molecule has 0 aromatic heterocycles. The van der Waals surface area contributed by atoms with Gasteiger partial charge in [0.05, 0.1) is 10.6 Å². The van der Waals surface area contributed by atoms with Gasteiger partial charge in [-0.05, 0) is 86.7 Å². The van der Waals surface area contributed by atoms with Crippen molar-refractivity contribution in [2.24, 2.45) is 0 Å². The van der Waals surface area contributed by atoms with Crippen molar-refractivity contribution in [1.29, 1.82) is 0 Å². The number of aryl methyl sites for hydroxylation is 3. The predicted octanol–water partition coefficient (Wildman–Crippen LogP) is 5.97. The van der Waals surface area contributed by atoms with Gasteiger partial charge in [-0.25, -0.2) is 8.42 Å². The van der Waals surface area contributed by atoms with Gasteiger partial charge in [-0.2, -0.15) is 0 Å². The van der Waals surface area contributed by atoms with Gasteiger partial charge in [0, 0.05) is 19.0 Å². The second-order valence-corrected chi connectivity index (χ2v) is 13.3. The molecule has 0 bridgehead atoms. The molecule has 0 heterocycles. The van der Waals surface area contributed by atoms with Gasteiger partial charge >= 0.3 is 0 Å². The van der Waals surface area contributed by atoms with Gasteiger partial charge in [0.2, 0.25) is 11.8 Å². The fourth-order valence-electron chi connectivity index (χ4n) is 5.25. The van der Waals surface area contributed by atoms with Crippen LogP contribution in [-0.2, 0) is 32.6 Å². The molecular formula is C36H41N3O4S.